The van der Waals surface area contributed by atoms with Crippen molar-refractivity contribution in [3.8, 4) is 0 Å². The lowest BCUT2D eigenvalue weighted by atomic mass is 9.77. The molecule has 2 nitrogen and oxygen atoms in total. The molecule has 1 aliphatic rings. The minimum absolute atomic E-state index is 0.0979. The molecule has 0 radical (unpaired) electrons. The molecular formula is C16H23BrFNO. The SMILES string of the molecule is CCCNCC1(Cc2cc(F)cc(Br)c2)CCCOC1. The van der Waals surface area contributed by atoms with Gasteiger partial charge in [-0.05, 0) is 56.0 Å². The first-order valence-corrected chi connectivity index (χ1v) is 8.16. The summed E-state index contributed by atoms with van der Waals surface area (Å²) >= 11 is 3.37. The van der Waals surface area contributed by atoms with Crippen molar-refractivity contribution in [3.05, 3.63) is 34.1 Å². The fraction of sp³-hybridized carbons (Fsp3) is 0.625. The van der Waals surface area contributed by atoms with Crippen LogP contribution in [0.4, 0.5) is 4.39 Å². The number of benzene rings is 1. The molecule has 112 valence electrons. The van der Waals surface area contributed by atoms with E-state index in [0.29, 0.717) is 0 Å². The van der Waals surface area contributed by atoms with Crippen LogP contribution < -0.4 is 5.32 Å². The van der Waals surface area contributed by atoms with E-state index in [-0.39, 0.29) is 11.2 Å². The third-order valence-corrected chi connectivity index (χ3v) is 4.29. The molecule has 1 fully saturated rings. The van der Waals surface area contributed by atoms with Gasteiger partial charge in [-0.3, -0.25) is 0 Å². The summed E-state index contributed by atoms with van der Waals surface area (Å²) in [5.41, 5.74) is 1.14. The van der Waals surface area contributed by atoms with Crippen LogP contribution in [0, 0.1) is 11.2 Å². The summed E-state index contributed by atoms with van der Waals surface area (Å²) in [6, 6.07) is 5.16. The Morgan fingerprint density at radius 3 is 2.90 bits per heavy atom. The van der Waals surface area contributed by atoms with Crippen LogP contribution in [-0.4, -0.2) is 26.3 Å². The molecular weight excluding hydrogens is 321 g/mol. The number of hydrogen-bond acceptors (Lipinski definition) is 2. The maximum absolute atomic E-state index is 13.5. The van der Waals surface area contributed by atoms with Crippen LogP contribution in [0.25, 0.3) is 0 Å². The first-order valence-electron chi connectivity index (χ1n) is 7.37. The van der Waals surface area contributed by atoms with Gasteiger partial charge in [-0.2, -0.15) is 0 Å². The molecule has 1 aromatic rings. The standard InChI is InChI=1S/C16H23BrFNO/c1-2-5-19-11-16(4-3-6-20-12-16)10-13-7-14(17)9-15(18)8-13/h7-9,19H,2-6,10-12H2,1H3. The van der Waals surface area contributed by atoms with Crippen molar-refractivity contribution < 1.29 is 9.13 Å². The van der Waals surface area contributed by atoms with E-state index in [9.17, 15) is 4.39 Å². The topological polar surface area (TPSA) is 21.3 Å². The second kappa shape index (κ2) is 7.53. The number of nitrogens with one attached hydrogen (secondary N) is 1. The molecule has 1 unspecified atom stereocenters. The molecule has 4 heteroatoms. The molecule has 0 spiro atoms. The zero-order valence-electron chi connectivity index (χ0n) is 12.1. The van der Waals surface area contributed by atoms with Gasteiger partial charge in [-0.25, -0.2) is 4.39 Å². The average molecular weight is 344 g/mol. The molecule has 1 aliphatic heterocycles. The van der Waals surface area contributed by atoms with Crippen molar-refractivity contribution in [2.45, 2.75) is 32.6 Å². The van der Waals surface area contributed by atoms with Crippen LogP contribution in [-0.2, 0) is 11.2 Å². The van der Waals surface area contributed by atoms with E-state index in [1.54, 1.807) is 6.07 Å². The predicted molar refractivity (Wildman–Crippen MR) is 83.5 cm³/mol. The first-order chi connectivity index (χ1) is 9.63. The summed E-state index contributed by atoms with van der Waals surface area (Å²) in [6.45, 7) is 5.74. The van der Waals surface area contributed by atoms with Gasteiger partial charge in [0.15, 0.2) is 0 Å². The zero-order chi connectivity index (χ0) is 14.4. The molecule has 0 saturated carbocycles. The number of hydrogen-bond donors (Lipinski definition) is 1. The van der Waals surface area contributed by atoms with Gasteiger partial charge in [0.1, 0.15) is 5.82 Å². The summed E-state index contributed by atoms with van der Waals surface area (Å²) < 4.78 is 20.0. The lowest BCUT2D eigenvalue weighted by Gasteiger charge is -2.37. The number of halogens is 2. The van der Waals surface area contributed by atoms with Crippen molar-refractivity contribution in [1.82, 2.24) is 5.32 Å². The summed E-state index contributed by atoms with van der Waals surface area (Å²) in [5, 5.41) is 3.51. The molecule has 0 bridgehead atoms. The smallest absolute Gasteiger partial charge is 0.124 e. The van der Waals surface area contributed by atoms with Crippen LogP contribution in [0.3, 0.4) is 0 Å². The third-order valence-electron chi connectivity index (χ3n) is 3.83. The molecule has 0 aromatic heterocycles. The van der Waals surface area contributed by atoms with Gasteiger partial charge in [0, 0.05) is 23.0 Å². The largest absolute Gasteiger partial charge is 0.381 e. The average Bonchev–Trinajstić information content (AvgIpc) is 2.38. The lowest BCUT2D eigenvalue weighted by Crippen LogP contribution is -2.43. The van der Waals surface area contributed by atoms with Crippen molar-refractivity contribution in [2.24, 2.45) is 5.41 Å². The van der Waals surface area contributed by atoms with Gasteiger partial charge >= 0.3 is 0 Å². The number of ether oxygens (including phenoxy) is 1. The quantitative estimate of drug-likeness (QED) is 0.790. The van der Waals surface area contributed by atoms with Crippen LogP contribution in [0.2, 0.25) is 0 Å². The highest BCUT2D eigenvalue weighted by atomic mass is 79.9. The van der Waals surface area contributed by atoms with Crippen LogP contribution in [0.5, 0.6) is 0 Å². The highest BCUT2D eigenvalue weighted by molar-refractivity contribution is 9.10. The van der Waals surface area contributed by atoms with Gasteiger partial charge in [-0.1, -0.05) is 22.9 Å². The maximum atomic E-state index is 13.5. The van der Waals surface area contributed by atoms with Crippen molar-refractivity contribution in [2.75, 3.05) is 26.3 Å². The highest BCUT2D eigenvalue weighted by Gasteiger charge is 2.32. The van der Waals surface area contributed by atoms with Crippen LogP contribution >= 0.6 is 15.9 Å². The molecule has 1 saturated heterocycles. The maximum Gasteiger partial charge on any atom is 0.124 e. The molecule has 1 N–H and O–H groups in total. The van der Waals surface area contributed by atoms with E-state index in [1.165, 1.54) is 6.07 Å². The van der Waals surface area contributed by atoms with Gasteiger partial charge in [0.2, 0.25) is 0 Å². The van der Waals surface area contributed by atoms with Gasteiger partial charge < -0.3 is 10.1 Å². The van der Waals surface area contributed by atoms with E-state index < -0.39 is 0 Å². The van der Waals surface area contributed by atoms with Gasteiger partial charge in [0.05, 0.1) is 6.61 Å². The Hall–Kier alpha value is -0.450. The Morgan fingerprint density at radius 2 is 2.25 bits per heavy atom. The minimum atomic E-state index is -0.178. The van der Waals surface area contributed by atoms with Crippen LogP contribution in [0.15, 0.2) is 22.7 Å². The zero-order valence-corrected chi connectivity index (χ0v) is 13.6. The van der Waals surface area contributed by atoms with E-state index in [0.717, 1.165) is 62.0 Å². The Bertz CT molecular complexity index is 412. The van der Waals surface area contributed by atoms with Crippen LogP contribution in [0.1, 0.15) is 31.7 Å². The van der Waals surface area contributed by atoms with E-state index in [4.69, 9.17) is 4.74 Å². The monoisotopic (exact) mass is 343 g/mol. The Morgan fingerprint density at radius 1 is 1.40 bits per heavy atom. The summed E-state index contributed by atoms with van der Waals surface area (Å²) in [4.78, 5) is 0. The molecule has 20 heavy (non-hydrogen) atoms. The van der Waals surface area contributed by atoms with Crippen molar-refractivity contribution in [3.63, 3.8) is 0 Å². The lowest BCUT2D eigenvalue weighted by molar-refractivity contribution is -0.00710. The van der Waals surface area contributed by atoms with E-state index >= 15 is 0 Å². The van der Waals surface area contributed by atoms with Gasteiger partial charge in [0.25, 0.3) is 0 Å². The minimum Gasteiger partial charge on any atom is -0.381 e. The fourth-order valence-electron chi connectivity index (χ4n) is 2.93. The first kappa shape index (κ1) is 15.9. The molecule has 1 atom stereocenters. The second-order valence-electron chi connectivity index (χ2n) is 5.79. The molecule has 1 heterocycles. The highest BCUT2D eigenvalue weighted by Crippen LogP contribution is 2.33. The summed E-state index contributed by atoms with van der Waals surface area (Å²) in [7, 11) is 0. The Labute approximate surface area is 129 Å². The predicted octanol–water partition coefficient (Wildman–Crippen LogP) is 3.93. The van der Waals surface area contributed by atoms with E-state index in [2.05, 4.69) is 28.2 Å². The summed E-state index contributed by atoms with van der Waals surface area (Å²) in [6.07, 6.45) is 4.21. The molecule has 1 aromatic carbocycles. The van der Waals surface area contributed by atoms with Gasteiger partial charge in [-0.15, -0.1) is 0 Å². The fourth-order valence-corrected chi connectivity index (χ4v) is 3.44. The number of rotatable bonds is 6. The molecule has 0 aliphatic carbocycles. The molecule has 0 amide bonds. The Balaban J connectivity index is 2.09. The van der Waals surface area contributed by atoms with Crippen molar-refractivity contribution in [1.29, 1.82) is 0 Å². The Kier molecular flexibility index (Phi) is 6.00. The van der Waals surface area contributed by atoms with Crippen molar-refractivity contribution >= 4 is 15.9 Å². The summed E-state index contributed by atoms with van der Waals surface area (Å²) in [5.74, 6) is -0.178. The second-order valence-corrected chi connectivity index (χ2v) is 6.70. The third kappa shape index (κ3) is 4.54. The van der Waals surface area contributed by atoms with E-state index in [1.807, 2.05) is 6.07 Å². The molecule has 2 rings (SSSR count). The normalized spacial score (nSPS) is 22.9.